The Balaban J connectivity index is 2.79. The third-order valence-corrected chi connectivity index (χ3v) is 8.80. The molecule has 0 saturated carbocycles. The largest absolute Gasteiger partial charge is 0.410 e. The van der Waals surface area contributed by atoms with E-state index in [-0.39, 0.29) is 10.6 Å². The van der Waals surface area contributed by atoms with Crippen LogP contribution in [0.5, 0.6) is 0 Å². The number of hydrogen-bond acceptors (Lipinski definition) is 3. The van der Waals surface area contributed by atoms with Crippen LogP contribution in [0.4, 0.5) is 0 Å². The fourth-order valence-electron chi connectivity index (χ4n) is 2.10. The summed E-state index contributed by atoms with van der Waals surface area (Å²) < 4.78 is 14.2. The molecular formula is C16H32N2O2Si. The lowest BCUT2D eigenvalue weighted by Crippen LogP contribution is -2.49. The van der Waals surface area contributed by atoms with E-state index in [9.17, 15) is 0 Å². The zero-order valence-corrected chi connectivity index (χ0v) is 16.0. The van der Waals surface area contributed by atoms with Crippen molar-refractivity contribution in [2.24, 2.45) is 0 Å². The van der Waals surface area contributed by atoms with E-state index < -0.39 is 8.32 Å². The lowest BCUT2D eigenvalue weighted by Gasteiger charge is -2.43. The normalized spacial score (nSPS) is 13.7. The summed E-state index contributed by atoms with van der Waals surface area (Å²) in [7, 11) is -1.78. The third-order valence-electron chi connectivity index (χ3n) is 4.13. The molecule has 0 bridgehead atoms. The first-order valence-corrected chi connectivity index (χ1v) is 10.7. The molecule has 0 radical (unpaired) electrons. The zero-order valence-electron chi connectivity index (χ0n) is 15.0. The van der Waals surface area contributed by atoms with E-state index in [2.05, 4.69) is 57.3 Å². The topological polar surface area (TPSA) is 36.3 Å². The smallest absolute Gasteiger partial charge is 0.192 e. The van der Waals surface area contributed by atoms with Crippen LogP contribution in [0.2, 0.25) is 18.1 Å². The number of ether oxygens (including phenoxy) is 1. The van der Waals surface area contributed by atoms with Gasteiger partial charge in [0.15, 0.2) is 8.32 Å². The first-order chi connectivity index (χ1) is 9.48. The molecule has 0 amide bonds. The van der Waals surface area contributed by atoms with E-state index in [4.69, 9.17) is 9.16 Å². The van der Waals surface area contributed by atoms with E-state index >= 15 is 0 Å². The van der Waals surface area contributed by atoms with Crippen molar-refractivity contribution in [3.63, 3.8) is 0 Å². The molecule has 21 heavy (non-hydrogen) atoms. The van der Waals surface area contributed by atoms with E-state index in [0.29, 0.717) is 13.2 Å². The predicted molar refractivity (Wildman–Crippen MR) is 89.9 cm³/mol. The third kappa shape index (κ3) is 5.24. The van der Waals surface area contributed by atoms with Crippen LogP contribution < -0.4 is 0 Å². The molecule has 0 unspecified atom stereocenters. The minimum absolute atomic E-state index is 0.216. The Morgan fingerprint density at radius 2 is 1.81 bits per heavy atom. The van der Waals surface area contributed by atoms with Gasteiger partial charge in [0.2, 0.25) is 0 Å². The molecule has 1 rings (SSSR count). The lowest BCUT2D eigenvalue weighted by atomic mass is 10.1. The van der Waals surface area contributed by atoms with Crippen molar-refractivity contribution >= 4 is 8.32 Å². The maximum absolute atomic E-state index is 6.57. The molecule has 0 fully saturated rings. The summed E-state index contributed by atoms with van der Waals surface area (Å²) in [6.07, 6.45) is 3.84. The van der Waals surface area contributed by atoms with Crippen molar-refractivity contribution in [1.82, 2.24) is 9.55 Å². The molecule has 0 aromatic carbocycles. The van der Waals surface area contributed by atoms with Gasteiger partial charge in [-0.15, -0.1) is 0 Å². The standard InChI is InChI=1S/C16H32N2O2Si/c1-9-19-12-14-17-10-11-18(14)13-16(5,6)20-21(7,8)15(2,3)4/h10-11H,9,12-13H2,1-8H3. The van der Waals surface area contributed by atoms with Gasteiger partial charge in [-0.3, -0.25) is 0 Å². The molecule has 0 spiro atoms. The molecule has 1 heterocycles. The Morgan fingerprint density at radius 3 is 2.33 bits per heavy atom. The highest BCUT2D eigenvalue weighted by Gasteiger charge is 2.41. The molecule has 4 nitrogen and oxygen atoms in total. The van der Waals surface area contributed by atoms with Crippen LogP contribution in [0.25, 0.3) is 0 Å². The van der Waals surface area contributed by atoms with Crippen LogP contribution in [0.15, 0.2) is 12.4 Å². The maximum atomic E-state index is 6.57. The molecule has 0 aliphatic carbocycles. The summed E-state index contributed by atoms with van der Waals surface area (Å²) in [6.45, 7) is 19.8. The lowest BCUT2D eigenvalue weighted by molar-refractivity contribution is 0.0676. The summed E-state index contributed by atoms with van der Waals surface area (Å²) in [5.41, 5.74) is -0.218. The highest BCUT2D eigenvalue weighted by atomic mass is 28.4. The van der Waals surface area contributed by atoms with Crippen LogP contribution >= 0.6 is 0 Å². The second kappa shape index (κ2) is 6.63. The van der Waals surface area contributed by atoms with Gasteiger partial charge in [0.05, 0.1) is 12.1 Å². The number of hydrogen-bond donors (Lipinski definition) is 0. The summed E-state index contributed by atoms with van der Waals surface area (Å²) >= 11 is 0. The van der Waals surface area contributed by atoms with Crippen LogP contribution in [0.1, 0.15) is 47.4 Å². The molecule has 5 heteroatoms. The molecule has 1 aromatic heterocycles. The van der Waals surface area contributed by atoms with E-state index in [1.165, 1.54) is 0 Å². The number of nitrogens with zero attached hydrogens (tertiary/aromatic N) is 2. The molecule has 0 saturated heterocycles. The second-order valence-corrected chi connectivity index (χ2v) is 12.5. The molecule has 0 atom stereocenters. The average Bonchev–Trinajstić information content (AvgIpc) is 2.69. The van der Waals surface area contributed by atoms with Crippen LogP contribution in [0, 0.1) is 0 Å². The summed E-state index contributed by atoms with van der Waals surface area (Å²) in [4.78, 5) is 4.38. The van der Waals surface area contributed by atoms with E-state index in [1.807, 2.05) is 19.3 Å². The predicted octanol–water partition coefficient (Wildman–Crippen LogP) is 4.22. The SMILES string of the molecule is CCOCc1nccn1CC(C)(C)O[Si](C)(C)C(C)(C)C. The highest BCUT2D eigenvalue weighted by molar-refractivity contribution is 6.74. The minimum atomic E-state index is -1.78. The molecule has 0 aliphatic rings. The van der Waals surface area contributed by atoms with Gasteiger partial charge in [-0.2, -0.15) is 0 Å². The fourth-order valence-corrected chi connectivity index (χ4v) is 3.86. The molecular weight excluding hydrogens is 280 g/mol. The molecule has 1 aromatic rings. The van der Waals surface area contributed by atoms with Gasteiger partial charge in [0.25, 0.3) is 0 Å². The quantitative estimate of drug-likeness (QED) is 0.707. The van der Waals surface area contributed by atoms with Crippen molar-refractivity contribution in [3.05, 3.63) is 18.2 Å². The number of aromatic nitrogens is 2. The van der Waals surface area contributed by atoms with Gasteiger partial charge < -0.3 is 13.7 Å². The van der Waals surface area contributed by atoms with Gasteiger partial charge in [0, 0.05) is 19.0 Å². The highest BCUT2D eigenvalue weighted by Crippen LogP contribution is 2.39. The minimum Gasteiger partial charge on any atom is -0.410 e. The molecule has 122 valence electrons. The summed E-state index contributed by atoms with van der Waals surface area (Å²) in [5.74, 6) is 0.962. The first kappa shape index (κ1) is 18.4. The Bertz CT molecular complexity index is 447. The van der Waals surface area contributed by atoms with E-state index in [1.54, 1.807) is 0 Å². The van der Waals surface area contributed by atoms with Crippen molar-refractivity contribution in [2.75, 3.05) is 6.61 Å². The Morgan fingerprint density at radius 1 is 1.19 bits per heavy atom. The van der Waals surface area contributed by atoms with E-state index in [0.717, 1.165) is 12.4 Å². The average molecular weight is 313 g/mol. The maximum Gasteiger partial charge on any atom is 0.192 e. The van der Waals surface area contributed by atoms with Crippen molar-refractivity contribution in [2.45, 2.75) is 78.4 Å². The van der Waals surface area contributed by atoms with Gasteiger partial charge in [-0.25, -0.2) is 4.98 Å². The Kier molecular flexibility index (Phi) is 5.81. The fraction of sp³-hybridized carbons (Fsp3) is 0.812. The molecule has 0 aliphatic heterocycles. The number of rotatable bonds is 7. The van der Waals surface area contributed by atoms with Gasteiger partial charge in [0.1, 0.15) is 12.4 Å². The summed E-state index contributed by atoms with van der Waals surface area (Å²) in [6, 6.07) is 0. The Hall–Kier alpha value is -0.653. The zero-order chi connectivity index (χ0) is 16.3. The van der Waals surface area contributed by atoms with Gasteiger partial charge in [-0.05, 0) is 38.9 Å². The number of imidazole rings is 1. The van der Waals surface area contributed by atoms with Crippen molar-refractivity contribution in [3.8, 4) is 0 Å². The second-order valence-electron chi connectivity index (χ2n) is 7.73. The van der Waals surface area contributed by atoms with Gasteiger partial charge in [-0.1, -0.05) is 20.8 Å². The van der Waals surface area contributed by atoms with Crippen LogP contribution in [0.3, 0.4) is 0 Å². The van der Waals surface area contributed by atoms with Crippen molar-refractivity contribution < 1.29 is 9.16 Å². The van der Waals surface area contributed by atoms with Crippen molar-refractivity contribution in [1.29, 1.82) is 0 Å². The van der Waals surface area contributed by atoms with Crippen LogP contribution in [-0.2, 0) is 22.3 Å². The van der Waals surface area contributed by atoms with Gasteiger partial charge >= 0.3 is 0 Å². The monoisotopic (exact) mass is 312 g/mol. The first-order valence-electron chi connectivity index (χ1n) is 7.76. The molecule has 0 N–H and O–H groups in total. The summed E-state index contributed by atoms with van der Waals surface area (Å²) in [5, 5.41) is 0.216. The Labute approximate surface area is 131 Å². The van der Waals surface area contributed by atoms with Crippen LogP contribution in [-0.4, -0.2) is 30.1 Å².